The summed E-state index contributed by atoms with van der Waals surface area (Å²) in [6.45, 7) is 2.16. The molecule has 1 fully saturated rings. The topological polar surface area (TPSA) is 77.2 Å². The van der Waals surface area contributed by atoms with Crippen molar-refractivity contribution in [2.24, 2.45) is 5.73 Å². The Balaban J connectivity index is 1.59. The number of nitrogens with one attached hydrogen (secondary N) is 1. The van der Waals surface area contributed by atoms with Gasteiger partial charge in [0.05, 0.1) is 6.10 Å². The van der Waals surface area contributed by atoms with Crippen LogP contribution in [0.4, 0.5) is 9.52 Å². The second kappa shape index (κ2) is 7.38. The Morgan fingerprint density at radius 3 is 3.04 bits per heavy atom. The van der Waals surface area contributed by atoms with Crippen LogP contribution in [0.2, 0.25) is 0 Å². The first-order valence-corrected chi connectivity index (χ1v) is 8.73. The lowest BCUT2D eigenvalue weighted by Gasteiger charge is -2.11. The second-order valence-electron chi connectivity index (χ2n) is 5.94. The van der Waals surface area contributed by atoms with Crippen molar-refractivity contribution in [3.63, 3.8) is 0 Å². The zero-order valence-electron chi connectivity index (χ0n) is 13.4. The van der Waals surface area contributed by atoms with Crippen LogP contribution in [0, 0.1) is 12.7 Å². The Labute approximate surface area is 144 Å². The van der Waals surface area contributed by atoms with Crippen LogP contribution in [0.15, 0.2) is 24.4 Å². The number of benzene rings is 1. The highest BCUT2D eigenvalue weighted by atomic mass is 32.1. The molecule has 1 aliphatic rings. The van der Waals surface area contributed by atoms with Crippen LogP contribution < -0.4 is 11.1 Å². The number of aryl methyl sites for hydroxylation is 1. The molecule has 1 amide bonds. The smallest absolute Gasteiger partial charge is 0.255 e. The number of carbonyl (C=O) groups is 1. The van der Waals surface area contributed by atoms with Crippen molar-refractivity contribution >= 4 is 22.4 Å². The SMILES string of the molecule is Cc1ccc(Cc2cnc(NC(=O)[C@@H]3CC[C@H](CN)O3)s2)cc1F. The molecule has 1 aliphatic heterocycles. The minimum atomic E-state index is -0.461. The zero-order chi connectivity index (χ0) is 17.1. The number of hydrogen-bond donors (Lipinski definition) is 2. The fourth-order valence-corrected chi connectivity index (χ4v) is 3.50. The van der Waals surface area contributed by atoms with E-state index in [-0.39, 0.29) is 17.8 Å². The average Bonchev–Trinajstić information content (AvgIpc) is 3.20. The third kappa shape index (κ3) is 3.98. The average molecular weight is 349 g/mol. The number of amides is 1. The third-order valence-electron chi connectivity index (χ3n) is 4.06. The van der Waals surface area contributed by atoms with Crippen LogP contribution in [0.5, 0.6) is 0 Å². The first-order chi connectivity index (χ1) is 11.5. The minimum absolute atomic E-state index is 0.0379. The van der Waals surface area contributed by atoms with Crippen molar-refractivity contribution in [3.8, 4) is 0 Å². The van der Waals surface area contributed by atoms with Gasteiger partial charge in [0.15, 0.2) is 5.13 Å². The largest absolute Gasteiger partial charge is 0.364 e. The molecule has 3 N–H and O–H groups in total. The Hall–Kier alpha value is -1.83. The lowest BCUT2D eigenvalue weighted by atomic mass is 10.1. The summed E-state index contributed by atoms with van der Waals surface area (Å²) in [7, 11) is 0. The summed E-state index contributed by atoms with van der Waals surface area (Å²) in [6, 6.07) is 5.20. The number of carbonyl (C=O) groups excluding carboxylic acids is 1. The number of nitrogens with zero attached hydrogens (tertiary/aromatic N) is 1. The summed E-state index contributed by atoms with van der Waals surface area (Å²) in [4.78, 5) is 17.3. The van der Waals surface area contributed by atoms with Gasteiger partial charge < -0.3 is 10.5 Å². The van der Waals surface area contributed by atoms with Crippen molar-refractivity contribution < 1.29 is 13.9 Å². The Bertz CT molecular complexity index is 734. The van der Waals surface area contributed by atoms with Gasteiger partial charge in [0, 0.05) is 24.0 Å². The van der Waals surface area contributed by atoms with Gasteiger partial charge in [0.2, 0.25) is 0 Å². The lowest BCUT2D eigenvalue weighted by Crippen LogP contribution is -2.29. The van der Waals surface area contributed by atoms with Gasteiger partial charge in [-0.3, -0.25) is 10.1 Å². The zero-order valence-corrected chi connectivity index (χ0v) is 14.2. The molecule has 0 spiro atoms. The summed E-state index contributed by atoms with van der Waals surface area (Å²) < 4.78 is 19.2. The summed E-state index contributed by atoms with van der Waals surface area (Å²) in [6.07, 6.45) is 3.27. The summed E-state index contributed by atoms with van der Waals surface area (Å²) in [5, 5.41) is 3.31. The number of ether oxygens (including phenoxy) is 1. The highest BCUT2D eigenvalue weighted by Gasteiger charge is 2.30. The van der Waals surface area contributed by atoms with Crippen molar-refractivity contribution in [1.29, 1.82) is 0 Å². The predicted octanol–water partition coefficient (Wildman–Crippen LogP) is 2.63. The number of aromatic nitrogens is 1. The molecule has 0 aliphatic carbocycles. The van der Waals surface area contributed by atoms with E-state index in [1.54, 1.807) is 19.2 Å². The maximum absolute atomic E-state index is 13.6. The van der Waals surface area contributed by atoms with E-state index in [1.807, 2.05) is 6.07 Å². The summed E-state index contributed by atoms with van der Waals surface area (Å²) >= 11 is 1.39. The van der Waals surface area contributed by atoms with Gasteiger partial charge in [-0.15, -0.1) is 11.3 Å². The van der Waals surface area contributed by atoms with Gasteiger partial charge in [-0.2, -0.15) is 0 Å². The molecular weight excluding hydrogens is 329 g/mol. The van der Waals surface area contributed by atoms with Crippen LogP contribution in [0.3, 0.4) is 0 Å². The second-order valence-corrected chi connectivity index (χ2v) is 7.06. The molecule has 0 saturated carbocycles. The van der Waals surface area contributed by atoms with Gasteiger partial charge in [-0.05, 0) is 37.0 Å². The van der Waals surface area contributed by atoms with Crippen LogP contribution >= 0.6 is 11.3 Å². The number of halogens is 1. The van der Waals surface area contributed by atoms with E-state index in [2.05, 4.69) is 10.3 Å². The highest BCUT2D eigenvalue weighted by Crippen LogP contribution is 2.24. The molecule has 128 valence electrons. The molecule has 3 rings (SSSR count). The van der Waals surface area contributed by atoms with E-state index < -0.39 is 6.10 Å². The van der Waals surface area contributed by atoms with E-state index in [0.29, 0.717) is 30.1 Å². The fourth-order valence-electron chi connectivity index (χ4n) is 2.65. The van der Waals surface area contributed by atoms with E-state index in [4.69, 9.17) is 10.5 Å². The van der Waals surface area contributed by atoms with Crippen molar-refractivity contribution in [1.82, 2.24) is 4.98 Å². The van der Waals surface area contributed by atoms with Crippen LogP contribution in [0.1, 0.15) is 28.8 Å². The monoisotopic (exact) mass is 349 g/mol. The maximum Gasteiger partial charge on any atom is 0.255 e. The third-order valence-corrected chi connectivity index (χ3v) is 4.97. The Kier molecular flexibility index (Phi) is 5.23. The van der Waals surface area contributed by atoms with Gasteiger partial charge in [0.25, 0.3) is 5.91 Å². The number of nitrogens with two attached hydrogens (primary N) is 1. The quantitative estimate of drug-likeness (QED) is 0.870. The van der Waals surface area contributed by atoms with Crippen molar-refractivity contribution in [3.05, 3.63) is 46.2 Å². The summed E-state index contributed by atoms with van der Waals surface area (Å²) in [5.41, 5.74) is 7.06. The molecule has 2 aromatic rings. The van der Waals surface area contributed by atoms with Crippen LogP contribution in [0.25, 0.3) is 0 Å². The van der Waals surface area contributed by atoms with Gasteiger partial charge >= 0.3 is 0 Å². The molecule has 1 aromatic heterocycles. The van der Waals surface area contributed by atoms with E-state index in [0.717, 1.165) is 16.9 Å². The molecule has 2 heterocycles. The van der Waals surface area contributed by atoms with Gasteiger partial charge in [-0.1, -0.05) is 12.1 Å². The maximum atomic E-state index is 13.6. The number of thiazole rings is 1. The molecule has 5 nitrogen and oxygen atoms in total. The highest BCUT2D eigenvalue weighted by molar-refractivity contribution is 7.15. The van der Waals surface area contributed by atoms with Crippen LogP contribution in [-0.4, -0.2) is 29.6 Å². The molecule has 24 heavy (non-hydrogen) atoms. The summed E-state index contributed by atoms with van der Waals surface area (Å²) in [5.74, 6) is -0.397. The number of hydrogen-bond acceptors (Lipinski definition) is 5. The number of rotatable bonds is 5. The molecule has 0 bridgehead atoms. The first kappa shape index (κ1) is 17.0. The molecule has 1 saturated heterocycles. The van der Waals surface area contributed by atoms with Crippen molar-refractivity contribution in [2.45, 2.75) is 38.4 Å². The first-order valence-electron chi connectivity index (χ1n) is 7.91. The van der Waals surface area contributed by atoms with Crippen molar-refractivity contribution in [2.75, 3.05) is 11.9 Å². The molecular formula is C17H20FN3O2S. The molecule has 2 atom stereocenters. The Morgan fingerprint density at radius 1 is 1.50 bits per heavy atom. The number of anilines is 1. The van der Waals surface area contributed by atoms with Gasteiger partial charge in [0.1, 0.15) is 11.9 Å². The van der Waals surface area contributed by atoms with E-state index >= 15 is 0 Å². The minimum Gasteiger partial charge on any atom is -0.364 e. The molecule has 7 heteroatoms. The fraction of sp³-hybridized carbons (Fsp3) is 0.412. The van der Waals surface area contributed by atoms with Crippen LogP contribution in [-0.2, 0) is 16.0 Å². The standard InChI is InChI=1S/C17H20FN3O2S/c1-10-2-3-11(7-14(10)18)6-13-9-20-17(24-13)21-16(22)15-5-4-12(8-19)23-15/h2-3,7,9,12,15H,4-6,8,19H2,1H3,(H,20,21,22)/t12-,15+/m1/s1. The Morgan fingerprint density at radius 2 is 2.33 bits per heavy atom. The normalized spacial score (nSPS) is 20.3. The van der Waals surface area contributed by atoms with E-state index in [1.165, 1.54) is 17.4 Å². The van der Waals surface area contributed by atoms with Gasteiger partial charge in [-0.25, -0.2) is 9.37 Å². The van der Waals surface area contributed by atoms with E-state index in [9.17, 15) is 9.18 Å². The predicted molar refractivity (Wildman–Crippen MR) is 91.6 cm³/mol. The molecule has 0 radical (unpaired) electrons. The molecule has 0 unspecified atom stereocenters. The lowest BCUT2D eigenvalue weighted by molar-refractivity contribution is -0.126. The molecule has 1 aromatic carbocycles.